The van der Waals surface area contributed by atoms with Crippen LogP contribution in [-0.4, -0.2) is 42.6 Å². The topological polar surface area (TPSA) is 19.4 Å². The highest BCUT2D eigenvalue weighted by Crippen LogP contribution is 2.34. The molecule has 3 heterocycles. The lowest BCUT2D eigenvalue weighted by Crippen LogP contribution is -2.35. The van der Waals surface area contributed by atoms with Gasteiger partial charge in [0, 0.05) is 31.4 Å². The van der Waals surface area contributed by atoms with Gasteiger partial charge in [0.05, 0.1) is 0 Å². The number of anilines is 1. The van der Waals surface area contributed by atoms with E-state index in [1.54, 1.807) is 0 Å². The highest BCUT2D eigenvalue weighted by Gasteiger charge is 2.40. The summed E-state index contributed by atoms with van der Waals surface area (Å²) >= 11 is 0. The summed E-state index contributed by atoms with van der Waals surface area (Å²) < 4.78 is 0. The molecule has 2 unspecified atom stereocenters. The molecule has 98 valence electrons. The quantitative estimate of drug-likeness (QED) is 0.795. The summed E-state index contributed by atoms with van der Waals surface area (Å²) in [6.45, 7) is 8.00. The van der Waals surface area contributed by atoms with Crippen LogP contribution in [0.3, 0.4) is 0 Å². The van der Waals surface area contributed by atoms with Crippen LogP contribution in [0.25, 0.3) is 0 Å². The van der Waals surface area contributed by atoms with Crippen molar-refractivity contribution in [3.63, 3.8) is 0 Å². The van der Waals surface area contributed by atoms with E-state index in [1.807, 2.05) is 0 Å². The number of fused-ring (bicyclic) bond motifs is 1. The highest BCUT2D eigenvalue weighted by atomic mass is 15.3. The van der Waals surface area contributed by atoms with Gasteiger partial charge in [0.25, 0.3) is 0 Å². The SMILES string of the molecule is CCc1cc(C)cc(N2CCC3CN(C)CC32)n1. The molecule has 2 saturated heterocycles. The summed E-state index contributed by atoms with van der Waals surface area (Å²) in [5.41, 5.74) is 2.56. The molecule has 0 aliphatic carbocycles. The lowest BCUT2D eigenvalue weighted by molar-refractivity contribution is 0.386. The fraction of sp³-hybridized carbons (Fsp3) is 0.667. The predicted octanol–water partition coefficient (Wildman–Crippen LogP) is 2.09. The molecule has 0 radical (unpaired) electrons. The van der Waals surface area contributed by atoms with Gasteiger partial charge in [-0.3, -0.25) is 0 Å². The van der Waals surface area contributed by atoms with Crippen LogP contribution in [0.2, 0.25) is 0 Å². The number of rotatable bonds is 2. The summed E-state index contributed by atoms with van der Waals surface area (Å²) in [5.74, 6) is 2.05. The summed E-state index contributed by atoms with van der Waals surface area (Å²) in [6.07, 6.45) is 2.35. The average molecular weight is 245 g/mol. The van der Waals surface area contributed by atoms with E-state index in [0.29, 0.717) is 6.04 Å². The third kappa shape index (κ3) is 2.01. The Morgan fingerprint density at radius 1 is 1.33 bits per heavy atom. The molecule has 0 spiro atoms. The molecule has 2 aliphatic heterocycles. The van der Waals surface area contributed by atoms with Crippen molar-refractivity contribution in [3.8, 4) is 0 Å². The highest BCUT2D eigenvalue weighted by molar-refractivity contribution is 5.45. The fourth-order valence-corrected chi connectivity index (χ4v) is 3.50. The number of aromatic nitrogens is 1. The molecule has 18 heavy (non-hydrogen) atoms. The van der Waals surface area contributed by atoms with Gasteiger partial charge in [0.15, 0.2) is 0 Å². The van der Waals surface area contributed by atoms with Crippen LogP contribution < -0.4 is 4.90 Å². The first-order valence-electron chi connectivity index (χ1n) is 7.10. The number of nitrogens with zero attached hydrogens (tertiary/aromatic N) is 3. The number of likely N-dealkylation sites (N-methyl/N-ethyl adjacent to an activating group) is 1. The van der Waals surface area contributed by atoms with Crippen LogP contribution in [-0.2, 0) is 6.42 Å². The minimum atomic E-state index is 0.689. The van der Waals surface area contributed by atoms with Crippen LogP contribution in [0, 0.1) is 12.8 Å². The van der Waals surface area contributed by atoms with E-state index < -0.39 is 0 Å². The molecular formula is C15H23N3. The van der Waals surface area contributed by atoms with Crippen LogP contribution >= 0.6 is 0 Å². The fourth-order valence-electron chi connectivity index (χ4n) is 3.50. The molecule has 2 aliphatic rings. The first-order chi connectivity index (χ1) is 8.67. The first-order valence-corrected chi connectivity index (χ1v) is 7.10. The Balaban J connectivity index is 1.88. The van der Waals surface area contributed by atoms with Gasteiger partial charge in [-0.1, -0.05) is 6.92 Å². The Kier molecular flexibility index (Phi) is 3.02. The van der Waals surface area contributed by atoms with Gasteiger partial charge >= 0.3 is 0 Å². The molecule has 3 rings (SSSR count). The number of hydrogen-bond acceptors (Lipinski definition) is 3. The van der Waals surface area contributed by atoms with Gasteiger partial charge in [-0.2, -0.15) is 0 Å². The maximum atomic E-state index is 4.83. The summed E-state index contributed by atoms with van der Waals surface area (Å²) in [5, 5.41) is 0. The largest absolute Gasteiger partial charge is 0.352 e. The van der Waals surface area contributed by atoms with E-state index in [9.17, 15) is 0 Å². The number of aryl methyl sites for hydroxylation is 2. The van der Waals surface area contributed by atoms with Crippen LogP contribution in [0.15, 0.2) is 12.1 Å². The van der Waals surface area contributed by atoms with Crippen molar-refractivity contribution in [2.24, 2.45) is 5.92 Å². The van der Waals surface area contributed by atoms with Crippen molar-refractivity contribution in [3.05, 3.63) is 23.4 Å². The van der Waals surface area contributed by atoms with Gasteiger partial charge < -0.3 is 9.80 Å². The molecule has 1 aromatic heterocycles. The van der Waals surface area contributed by atoms with Crippen LogP contribution in [0.5, 0.6) is 0 Å². The van der Waals surface area contributed by atoms with Crippen LogP contribution in [0.4, 0.5) is 5.82 Å². The molecule has 0 bridgehead atoms. The molecule has 1 aromatic rings. The Bertz CT molecular complexity index is 443. The summed E-state index contributed by atoms with van der Waals surface area (Å²) in [6, 6.07) is 5.14. The summed E-state index contributed by atoms with van der Waals surface area (Å²) in [4.78, 5) is 9.83. The van der Waals surface area contributed by atoms with E-state index in [-0.39, 0.29) is 0 Å². The Morgan fingerprint density at radius 2 is 2.17 bits per heavy atom. The van der Waals surface area contributed by atoms with Crippen molar-refractivity contribution >= 4 is 5.82 Å². The standard InChI is InChI=1S/C15H23N3/c1-4-13-7-11(2)8-15(16-13)18-6-5-12-9-17(3)10-14(12)18/h7-8,12,14H,4-6,9-10H2,1-3H3. The van der Waals surface area contributed by atoms with E-state index in [1.165, 1.54) is 43.1 Å². The molecular weight excluding hydrogens is 222 g/mol. The zero-order valence-electron chi connectivity index (χ0n) is 11.7. The zero-order chi connectivity index (χ0) is 12.7. The predicted molar refractivity (Wildman–Crippen MR) is 75.1 cm³/mol. The van der Waals surface area contributed by atoms with Crippen molar-refractivity contribution in [1.29, 1.82) is 0 Å². The monoisotopic (exact) mass is 245 g/mol. The van der Waals surface area contributed by atoms with E-state index in [2.05, 4.69) is 42.8 Å². The molecule has 0 aromatic carbocycles. The molecule has 2 fully saturated rings. The number of hydrogen-bond donors (Lipinski definition) is 0. The third-order valence-electron chi connectivity index (χ3n) is 4.40. The Labute approximate surface area is 110 Å². The lowest BCUT2D eigenvalue weighted by atomic mass is 10.1. The van der Waals surface area contributed by atoms with E-state index in [0.717, 1.165) is 12.3 Å². The second-order valence-corrected chi connectivity index (χ2v) is 5.88. The minimum absolute atomic E-state index is 0.689. The number of pyridine rings is 1. The maximum Gasteiger partial charge on any atom is 0.129 e. The van der Waals surface area contributed by atoms with Crippen molar-refractivity contribution in [1.82, 2.24) is 9.88 Å². The molecule has 2 atom stereocenters. The van der Waals surface area contributed by atoms with Gasteiger partial charge in [0.1, 0.15) is 5.82 Å². The number of likely N-dealkylation sites (tertiary alicyclic amines) is 1. The Morgan fingerprint density at radius 3 is 2.94 bits per heavy atom. The van der Waals surface area contributed by atoms with Crippen LogP contribution in [0.1, 0.15) is 24.6 Å². The van der Waals surface area contributed by atoms with Gasteiger partial charge in [-0.15, -0.1) is 0 Å². The first kappa shape index (κ1) is 12.0. The molecule has 3 nitrogen and oxygen atoms in total. The van der Waals surface area contributed by atoms with E-state index in [4.69, 9.17) is 4.98 Å². The molecule has 0 N–H and O–H groups in total. The summed E-state index contributed by atoms with van der Waals surface area (Å²) in [7, 11) is 2.23. The Hall–Kier alpha value is -1.09. The second kappa shape index (κ2) is 4.54. The molecule has 0 saturated carbocycles. The minimum Gasteiger partial charge on any atom is -0.352 e. The van der Waals surface area contributed by atoms with E-state index >= 15 is 0 Å². The average Bonchev–Trinajstić information content (AvgIpc) is 2.86. The van der Waals surface area contributed by atoms with Crippen molar-refractivity contribution in [2.45, 2.75) is 32.7 Å². The lowest BCUT2D eigenvalue weighted by Gasteiger charge is -2.26. The second-order valence-electron chi connectivity index (χ2n) is 5.88. The zero-order valence-corrected chi connectivity index (χ0v) is 11.7. The molecule has 0 amide bonds. The smallest absolute Gasteiger partial charge is 0.129 e. The maximum absolute atomic E-state index is 4.83. The van der Waals surface area contributed by atoms with Gasteiger partial charge in [-0.25, -0.2) is 4.98 Å². The van der Waals surface area contributed by atoms with Gasteiger partial charge in [-0.05, 0) is 50.4 Å². The van der Waals surface area contributed by atoms with Crippen molar-refractivity contribution < 1.29 is 0 Å². The third-order valence-corrected chi connectivity index (χ3v) is 4.40. The molecule has 3 heteroatoms. The van der Waals surface area contributed by atoms with Crippen molar-refractivity contribution in [2.75, 3.05) is 31.6 Å². The van der Waals surface area contributed by atoms with Gasteiger partial charge in [0.2, 0.25) is 0 Å². The normalized spacial score (nSPS) is 27.8.